The van der Waals surface area contributed by atoms with Gasteiger partial charge in [-0.05, 0) is 54.1 Å². The molecule has 1 atom stereocenters. The maximum atomic E-state index is 12.7. The molecule has 0 bridgehead atoms. The molecule has 0 radical (unpaired) electrons. The summed E-state index contributed by atoms with van der Waals surface area (Å²) < 4.78 is 15.7. The first-order valence-corrected chi connectivity index (χ1v) is 11.3. The second-order valence-electron chi connectivity index (χ2n) is 7.30. The lowest BCUT2D eigenvalue weighted by molar-refractivity contribution is -0.115. The quantitative estimate of drug-likeness (QED) is 0.544. The highest BCUT2D eigenvalue weighted by Gasteiger charge is 2.34. The number of methoxy groups -OCH3 is 3. The van der Waals surface area contributed by atoms with Gasteiger partial charge in [0, 0.05) is 23.0 Å². The first-order chi connectivity index (χ1) is 16.0. The van der Waals surface area contributed by atoms with Gasteiger partial charge < -0.3 is 19.5 Å². The lowest BCUT2D eigenvalue weighted by Gasteiger charge is -2.24. The SMILES string of the molecule is COc1ccc(N2C(=O)CS[C@@H]2c2ccc(NC(=O)c3cc(OC)cc(OC)c3)cc2)cc1. The molecule has 0 spiro atoms. The molecule has 0 aliphatic carbocycles. The maximum Gasteiger partial charge on any atom is 0.255 e. The summed E-state index contributed by atoms with van der Waals surface area (Å²) in [7, 11) is 4.69. The summed E-state index contributed by atoms with van der Waals surface area (Å²) in [5, 5.41) is 2.75. The number of hydrogen-bond donors (Lipinski definition) is 1. The molecule has 8 heteroatoms. The van der Waals surface area contributed by atoms with Gasteiger partial charge >= 0.3 is 0 Å². The van der Waals surface area contributed by atoms with Gasteiger partial charge in [-0.2, -0.15) is 0 Å². The number of thioether (sulfide) groups is 1. The molecule has 1 saturated heterocycles. The van der Waals surface area contributed by atoms with Crippen LogP contribution in [0.15, 0.2) is 66.7 Å². The van der Waals surface area contributed by atoms with Gasteiger partial charge in [-0.3, -0.25) is 14.5 Å². The van der Waals surface area contributed by atoms with E-state index in [1.165, 1.54) is 14.2 Å². The fraction of sp³-hybridized carbons (Fsp3) is 0.200. The Balaban J connectivity index is 1.50. The van der Waals surface area contributed by atoms with Crippen molar-refractivity contribution in [1.82, 2.24) is 0 Å². The average molecular weight is 465 g/mol. The van der Waals surface area contributed by atoms with Gasteiger partial charge in [0.05, 0.1) is 27.1 Å². The van der Waals surface area contributed by atoms with Crippen LogP contribution in [0.3, 0.4) is 0 Å². The van der Waals surface area contributed by atoms with Crippen molar-refractivity contribution >= 4 is 35.0 Å². The van der Waals surface area contributed by atoms with Gasteiger partial charge in [-0.15, -0.1) is 11.8 Å². The van der Waals surface area contributed by atoms with Crippen LogP contribution in [-0.2, 0) is 4.79 Å². The predicted octanol–water partition coefficient (Wildman–Crippen LogP) is 4.74. The molecule has 0 saturated carbocycles. The number of anilines is 2. The molecule has 1 heterocycles. The van der Waals surface area contributed by atoms with Gasteiger partial charge in [0.1, 0.15) is 22.6 Å². The highest BCUT2D eigenvalue weighted by atomic mass is 32.2. The number of carbonyl (C=O) groups excluding carboxylic acids is 2. The molecular formula is C25H24N2O5S. The van der Waals surface area contributed by atoms with Crippen LogP contribution in [0, 0.1) is 0 Å². The normalized spacial score (nSPS) is 15.3. The Morgan fingerprint density at radius 1 is 0.879 bits per heavy atom. The Morgan fingerprint density at radius 3 is 2.06 bits per heavy atom. The lowest BCUT2D eigenvalue weighted by Crippen LogP contribution is -2.27. The summed E-state index contributed by atoms with van der Waals surface area (Å²) in [5.41, 5.74) is 2.87. The molecule has 4 rings (SSSR count). The Hall–Kier alpha value is -3.65. The van der Waals surface area contributed by atoms with E-state index in [4.69, 9.17) is 14.2 Å². The number of hydrogen-bond acceptors (Lipinski definition) is 6. The van der Waals surface area contributed by atoms with Crippen LogP contribution in [0.5, 0.6) is 17.2 Å². The monoisotopic (exact) mass is 464 g/mol. The first kappa shape index (κ1) is 22.5. The first-order valence-electron chi connectivity index (χ1n) is 10.2. The topological polar surface area (TPSA) is 77.1 Å². The molecule has 3 aromatic rings. The van der Waals surface area contributed by atoms with Gasteiger partial charge in [-0.1, -0.05) is 12.1 Å². The van der Waals surface area contributed by atoms with E-state index in [9.17, 15) is 9.59 Å². The van der Waals surface area contributed by atoms with Crippen molar-refractivity contribution in [3.05, 3.63) is 77.9 Å². The summed E-state index contributed by atoms with van der Waals surface area (Å²) in [5.74, 6) is 2.01. The van der Waals surface area contributed by atoms with Crippen molar-refractivity contribution in [1.29, 1.82) is 0 Å². The van der Waals surface area contributed by atoms with E-state index in [1.54, 1.807) is 42.0 Å². The minimum Gasteiger partial charge on any atom is -0.497 e. The van der Waals surface area contributed by atoms with E-state index >= 15 is 0 Å². The highest BCUT2D eigenvalue weighted by molar-refractivity contribution is 8.00. The van der Waals surface area contributed by atoms with Crippen LogP contribution in [0.4, 0.5) is 11.4 Å². The molecule has 3 aromatic carbocycles. The van der Waals surface area contributed by atoms with Crippen LogP contribution in [0.1, 0.15) is 21.3 Å². The molecule has 0 unspecified atom stereocenters. The van der Waals surface area contributed by atoms with Crippen molar-refractivity contribution in [3.8, 4) is 17.2 Å². The number of ether oxygens (including phenoxy) is 3. The standard InChI is InChI=1S/C25H24N2O5S/c1-30-20-10-8-19(9-11-20)27-23(28)15-33-25(27)16-4-6-18(7-5-16)26-24(29)17-12-21(31-2)14-22(13-17)32-3/h4-14,25H,15H2,1-3H3,(H,26,29)/t25-/m1/s1. The van der Waals surface area contributed by atoms with Crippen LogP contribution in [0.25, 0.3) is 0 Å². The number of rotatable bonds is 7. The van der Waals surface area contributed by atoms with Crippen LogP contribution < -0.4 is 24.4 Å². The lowest BCUT2D eigenvalue weighted by atomic mass is 10.1. The second kappa shape index (κ2) is 9.87. The molecule has 0 aromatic heterocycles. The van der Waals surface area contributed by atoms with Crippen molar-refractivity contribution in [3.63, 3.8) is 0 Å². The van der Waals surface area contributed by atoms with E-state index in [1.807, 2.05) is 48.5 Å². The Morgan fingerprint density at radius 2 is 1.48 bits per heavy atom. The summed E-state index contributed by atoms with van der Waals surface area (Å²) in [6, 6.07) is 20.0. The third-order valence-electron chi connectivity index (χ3n) is 5.29. The Kier molecular flexibility index (Phi) is 6.74. The minimum atomic E-state index is -0.273. The fourth-order valence-corrected chi connectivity index (χ4v) is 4.74. The predicted molar refractivity (Wildman–Crippen MR) is 130 cm³/mol. The molecule has 7 nitrogen and oxygen atoms in total. The third-order valence-corrected chi connectivity index (χ3v) is 6.50. The average Bonchev–Trinajstić information content (AvgIpc) is 3.25. The zero-order valence-electron chi connectivity index (χ0n) is 18.5. The number of nitrogens with zero attached hydrogens (tertiary/aromatic N) is 1. The maximum absolute atomic E-state index is 12.7. The fourth-order valence-electron chi connectivity index (χ4n) is 3.57. The molecule has 1 aliphatic heterocycles. The minimum absolute atomic E-state index is 0.0551. The van der Waals surface area contributed by atoms with Crippen molar-refractivity contribution < 1.29 is 23.8 Å². The molecule has 1 N–H and O–H groups in total. The van der Waals surface area contributed by atoms with Gasteiger partial charge in [0.2, 0.25) is 5.91 Å². The van der Waals surface area contributed by atoms with E-state index < -0.39 is 0 Å². The van der Waals surface area contributed by atoms with E-state index in [2.05, 4.69) is 5.32 Å². The number of amides is 2. The molecule has 1 aliphatic rings. The summed E-state index contributed by atoms with van der Waals surface area (Å²) in [6.07, 6.45) is 0. The molecule has 170 valence electrons. The van der Waals surface area contributed by atoms with Gasteiger partial charge in [-0.25, -0.2) is 0 Å². The highest BCUT2D eigenvalue weighted by Crippen LogP contribution is 2.42. The number of benzene rings is 3. The molecule has 33 heavy (non-hydrogen) atoms. The zero-order valence-corrected chi connectivity index (χ0v) is 19.3. The number of carbonyl (C=O) groups is 2. The Labute approximate surface area is 196 Å². The largest absolute Gasteiger partial charge is 0.497 e. The van der Waals surface area contributed by atoms with E-state index in [0.717, 1.165) is 17.0 Å². The van der Waals surface area contributed by atoms with Gasteiger partial charge in [0.25, 0.3) is 5.91 Å². The summed E-state index contributed by atoms with van der Waals surface area (Å²) >= 11 is 1.57. The summed E-state index contributed by atoms with van der Waals surface area (Å²) in [4.78, 5) is 27.1. The zero-order chi connectivity index (χ0) is 23.4. The van der Waals surface area contributed by atoms with Crippen molar-refractivity contribution in [2.75, 3.05) is 37.3 Å². The molecule has 2 amide bonds. The van der Waals surface area contributed by atoms with E-state index in [-0.39, 0.29) is 17.2 Å². The third kappa shape index (κ3) is 4.90. The van der Waals surface area contributed by atoms with Crippen molar-refractivity contribution in [2.45, 2.75) is 5.37 Å². The molecule has 1 fully saturated rings. The number of nitrogens with one attached hydrogen (secondary N) is 1. The van der Waals surface area contributed by atoms with Crippen molar-refractivity contribution in [2.24, 2.45) is 0 Å². The van der Waals surface area contributed by atoms with Crippen LogP contribution in [0.2, 0.25) is 0 Å². The van der Waals surface area contributed by atoms with E-state index in [0.29, 0.717) is 28.5 Å². The summed E-state index contributed by atoms with van der Waals surface area (Å²) in [6.45, 7) is 0. The Bertz CT molecular complexity index is 1130. The second-order valence-corrected chi connectivity index (χ2v) is 8.37. The molecular weight excluding hydrogens is 440 g/mol. The van der Waals surface area contributed by atoms with Crippen LogP contribution in [-0.4, -0.2) is 38.9 Å². The van der Waals surface area contributed by atoms with Gasteiger partial charge in [0.15, 0.2) is 0 Å². The van der Waals surface area contributed by atoms with Crippen LogP contribution >= 0.6 is 11.8 Å². The smallest absolute Gasteiger partial charge is 0.255 e.